The topological polar surface area (TPSA) is 317 Å². The lowest BCUT2D eigenvalue weighted by molar-refractivity contribution is -0.143. The van der Waals surface area contributed by atoms with E-state index in [0.717, 1.165) is 6.42 Å². The van der Waals surface area contributed by atoms with E-state index >= 15 is 0 Å². The Balaban J connectivity index is 1.79. The van der Waals surface area contributed by atoms with Gasteiger partial charge < -0.3 is 58.1 Å². The SMILES string of the molecule is CC(=O)CNC(=O)C1CCCN1C(=O)CNC(=O)C(C)N(C(=O)CNC(=O)CNC(=O)CNC(=O)C(CCC(N)=O)NC(=O)CNC(=O)C1CCCN1)C(C)C. The molecule has 0 bridgehead atoms. The van der Waals surface area contributed by atoms with Crippen molar-refractivity contribution in [1.82, 2.24) is 52.3 Å². The Morgan fingerprint density at radius 3 is 1.93 bits per heavy atom. The van der Waals surface area contributed by atoms with Gasteiger partial charge in [-0.1, -0.05) is 0 Å². The molecule has 0 aliphatic carbocycles. The van der Waals surface area contributed by atoms with Crippen LogP contribution in [0.2, 0.25) is 0 Å². The molecule has 0 radical (unpaired) electrons. The molecule has 22 heteroatoms. The molecular formula is C34H55N11O11. The summed E-state index contributed by atoms with van der Waals surface area (Å²) in [6, 6.07) is -4.01. The predicted octanol–water partition coefficient (Wildman–Crippen LogP) is -5.61. The number of nitrogens with zero attached hydrogens (tertiary/aromatic N) is 2. The Bertz CT molecular complexity index is 1500. The lowest BCUT2D eigenvalue weighted by atomic mass is 10.1. The maximum absolute atomic E-state index is 13.1. The summed E-state index contributed by atoms with van der Waals surface area (Å²) in [6.45, 7) is 4.29. The van der Waals surface area contributed by atoms with Crippen LogP contribution in [0.5, 0.6) is 0 Å². The third-order valence-corrected chi connectivity index (χ3v) is 8.88. The molecule has 0 spiro atoms. The standard InChI is InChI=1S/C34H55N11O11/c1-19(2)45(21(4)31(53)42-17-29(51)44-12-6-8-24(44)34(56)39-13-20(3)46)30(52)18-38-26(48)14-37-27(49)15-40-33(55)23(9-10-25(35)47)43-28(50)16-41-32(54)22-7-5-11-36-22/h19,21-24,36H,5-18H2,1-4H3,(H2,35,47)(H,37,49)(H,38,48)(H,39,56)(H,40,55)(H,41,54)(H,42,53)(H,43,50). The molecule has 0 aromatic heterocycles. The third kappa shape index (κ3) is 16.0. The Morgan fingerprint density at radius 2 is 1.32 bits per heavy atom. The van der Waals surface area contributed by atoms with Gasteiger partial charge in [0.15, 0.2) is 0 Å². The van der Waals surface area contributed by atoms with Crippen molar-refractivity contribution < 1.29 is 52.7 Å². The van der Waals surface area contributed by atoms with Gasteiger partial charge in [-0.05, 0) is 66.3 Å². The van der Waals surface area contributed by atoms with E-state index in [0.29, 0.717) is 32.4 Å². The number of carbonyl (C=O) groups excluding carboxylic acids is 11. The number of nitrogens with one attached hydrogen (secondary N) is 8. The van der Waals surface area contributed by atoms with E-state index in [2.05, 4.69) is 42.5 Å². The largest absolute Gasteiger partial charge is 0.370 e. The minimum absolute atomic E-state index is 0.158. The molecule has 2 aliphatic rings. The fourth-order valence-electron chi connectivity index (χ4n) is 6.02. The summed E-state index contributed by atoms with van der Waals surface area (Å²) in [6.07, 6.45) is 1.98. The monoisotopic (exact) mass is 793 g/mol. The zero-order valence-corrected chi connectivity index (χ0v) is 32.2. The number of Topliss-reactive ketones (excluding diaryl/α,β-unsaturated/α-hetero) is 1. The molecule has 0 aromatic carbocycles. The normalized spacial score (nSPS) is 17.1. The molecule has 2 heterocycles. The molecule has 56 heavy (non-hydrogen) atoms. The smallest absolute Gasteiger partial charge is 0.243 e. The highest BCUT2D eigenvalue weighted by Gasteiger charge is 2.35. The van der Waals surface area contributed by atoms with Crippen LogP contribution in [-0.4, -0.2) is 157 Å². The third-order valence-electron chi connectivity index (χ3n) is 8.88. The van der Waals surface area contributed by atoms with E-state index in [1.165, 1.54) is 23.6 Å². The average molecular weight is 794 g/mol. The number of hydrogen-bond acceptors (Lipinski definition) is 12. The fourth-order valence-corrected chi connectivity index (χ4v) is 6.02. The first-order chi connectivity index (χ1) is 26.4. The van der Waals surface area contributed by atoms with Gasteiger partial charge in [0.25, 0.3) is 0 Å². The maximum atomic E-state index is 13.1. The molecule has 10 N–H and O–H groups in total. The molecule has 10 amide bonds. The summed E-state index contributed by atoms with van der Waals surface area (Å²) >= 11 is 0. The first kappa shape index (κ1) is 46.5. The van der Waals surface area contributed by atoms with Gasteiger partial charge >= 0.3 is 0 Å². The molecule has 2 saturated heterocycles. The molecular weight excluding hydrogens is 738 g/mol. The molecule has 4 atom stereocenters. The molecule has 2 fully saturated rings. The van der Waals surface area contributed by atoms with E-state index in [4.69, 9.17) is 5.73 Å². The summed E-state index contributed by atoms with van der Waals surface area (Å²) in [4.78, 5) is 139. The minimum atomic E-state index is -1.26. The Morgan fingerprint density at radius 1 is 0.714 bits per heavy atom. The van der Waals surface area contributed by atoms with Crippen molar-refractivity contribution in [3.8, 4) is 0 Å². The van der Waals surface area contributed by atoms with Crippen LogP contribution in [0.25, 0.3) is 0 Å². The molecule has 4 unspecified atom stereocenters. The van der Waals surface area contributed by atoms with Crippen molar-refractivity contribution in [2.45, 2.75) is 96.4 Å². The minimum Gasteiger partial charge on any atom is -0.370 e. The van der Waals surface area contributed by atoms with Crippen LogP contribution in [0.4, 0.5) is 0 Å². The van der Waals surface area contributed by atoms with Gasteiger partial charge in [0, 0.05) is 19.0 Å². The first-order valence-corrected chi connectivity index (χ1v) is 18.5. The van der Waals surface area contributed by atoms with Crippen LogP contribution < -0.4 is 48.3 Å². The van der Waals surface area contributed by atoms with Crippen molar-refractivity contribution in [2.75, 3.05) is 52.4 Å². The number of ketones is 1. The summed E-state index contributed by atoms with van der Waals surface area (Å²) in [5, 5.41) is 19.7. The number of carbonyl (C=O) groups is 11. The predicted molar refractivity (Wildman–Crippen MR) is 196 cm³/mol. The van der Waals surface area contributed by atoms with Gasteiger partial charge in [0.05, 0.1) is 45.3 Å². The van der Waals surface area contributed by atoms with E-state index in [1.54, 1.807) is 13.8 Å². The van der Waals surface area contributed by atoms with Crippen LogP contribution >= 0.6 is 0 Å². The zero-order valence-electron chi connectivity index (χ0n) is 32.2. The highest BCUT2D eigenvalue weighted by molar-refractivity contribution is 5.96. The van der Waals surface area contributed by atoms with Crippen molar-refractivity contribution in [2.24, 2.45) is 5.73 Å². The van der Waals surface area contributed by atoms with Gasteiger partial charge in [-0.2, -0.15) is 0 Å². The van der Waals surface area contributed by atoms with Crippen molar-refractivity contribution in [3.05, 3.63) is 0 Å². The van der Waals surface area contributed by atoms with Crippen molar-refractivity contribution >= 4 is 64.9 Å². The lowest BCUT2D eigenvalue weighted by Crippen LogP contribution is -2.55. The highest BCUT2D eigenvalue weighted by atomic mass is 16.2. The van der Waals surface area contributed by atoms with Crippen LogP contribution in [0, 0.1) is 0 Å². The van der Waals surface area contributed by atoms with Gasteiger partial charge in [-0.15, -0.1) is 0 Å². The highest BCUT2D eigenvalue weighted by Crippen LogP contribution is 2.17. The quantitative estimate of drug-likeness (QED) is 0.0496. The van der Waals surface area contributed by atoms with Gasteiger partial charge in [-0.25, -0.2) is 0 Å². The molecule has 0 aromatic rings. The second kappa shape index (κ2) is 23.3. The second-order valence-corrected chi connectivity index (χ2v) is 13.7. The number of likely N-dealkylation sites (tertiary alicyclic amines) is 1. The van der Waals surface area contributed by atoms with Crippen LogP contribution in [-0.2, 0) is 52.7 Å². The number of nitrogens with two attached hydrogens (primary N) is 1. The molecule has 2 aliphatic heterocycles. The molecule has 22 nitrogen and oxygen atoms in total. The average Bonchev–Trinajstić information content (AvgIpc) is 3.87. The Labute approximate surface area is 324 Å². The summed E-state index contributed by atoms with van der Waals surface area (Å²) in [5.74, 6) is -6.69. The summed E-state index contributed by atoms with van der Waals surface area (Å²) in [7, 11) is 0. The summed E-state index contributed by atoms with van der Waals surface area (Å²) < 4.78 is 0. The van der Waals surface area contributed by atoms with Gasteiger partial charge in [0.2, 0.25) is 59.1 Å². The number of primary amides is 1. The van der Waals surface area contributed by atoms with Crippen LogP contribution in [0.3, 0.4) is 0 Å². The number of amides is 10. The summed E-state index contributed by atoms with van der Waals surface area (Å²) in [5.41, 5.74) is 5.18. The van der Waals surface area contributed by atoms with Gasteiger partial charge in [0.1, 0.15) is 23.9 Å². The van der Waals surface area contributed by atoms with Crippen molar-refractivity contribution in [3.63, 3.8) is 0 Å². The van der Waals surface area contributed by atoms with Crippen LogP contribution in [0.1, 0.15) is 66.2 Å². The van der Waals surface area contributed by atoms with Gasteiger partial charge in [-0.3, -0.25) is 52.7 Å². The Hall–Kier alpha value is -5.67. The molecule has 312 valence electrons. The van der Waals surface area contributed by atoms with E-state index in [1.807, 2.05) is 0 Å². The first-order valence-electron chi connectivity index (χ1n) is 18.5. The van der Waals surface area contributed by atoms with E-state index in [-0.39, 0.29) is 31.1 Å². The van der Waals surface area contributed by atoms with Crippen LogP contribution in [0.15, 0.2) is 0 Å². The Kier molecular flexibility index (Phi) is 19.3. The number of hydrogen-bond donors (Lipinski definition) is 9. The maximum Gasteiger partial charge on any atom is 0.243 e. The zero-order chi connectivity index (χ0) is 41.9. The number of rotatable bonds is 22. The van der Waals surface area contributed by atoms with E-state index < -0.39 is 116 Å². The second-order valence-electron chi connectivity index (χ2n) is 13.7. The van der Waals surface area contributed by atoms with E-state index in [9.17, 15) is 52.7 Å². The molecule has 2 rings (SSSR count). The molecule has 0 saturated carbocycles. The lowest BCUT2D eigenvalue weighted by Gasteiger charge is -2.32. The van der Waals surface area contributed by atoms with Crippen molar-refractivity contribution in [1.29, 1.82) is 0 Å². The fraction of sp³-hybridized carbons (Fsp3) is 0.676.